The quantitative estimate of drug-likeness (QED) is 0.836. The van der Waals surface area contributed by atoms with Crippen molar-refractivity contribution in [3.05, 3.63) is 40.0 Å². The molecule has 1 saturated heterocycles. The van der Waals surface area contributed by atoms with E-state index < -0.39 is 11.7 Å². The fourth-order valence-electron chi connectivity index (χ4n) is 3.14. The minimum absolute atomic E-state index is 0.0185. The van der Waals surface area contributed by atoms with Gasteiger partial charge in [0.25, 0.3) is 0 Å². The summed E-state index contributed by atoms with van der Waals surface area (Å²) in [7, 11) is 0. The lowest BCUT2D eigenvalue weighted by Crippen LogP contribution is -2.48. The van der Waals surface area contributed by atoms with Crippen LogP contribution >= 0.6 is 11.3 Å². The van der Waals surface area contributed by atoms with Gasteiger partial charge in [0.2, 0.25) is 5.91 Å². The first-order chi connectivity index (χ1) is 12.8. The lowest BCUT2D eigenvalue weighted by Gasteiger charge is -2.34. The van der Waals surface area contributed by atoms with Gasteiger partial charge in [-0.05, 0) is 38.3 Å². The number of pyridine rings is 1. The van der Waals surface area contributed by atoms with Crippen LogP contribution < -0.4 is 10.2 Å². The summed E-state index contributed by atoms with van der Waals surface area (Å²) in [6.45, 7) is 3.19. The number of hydrogen-bond acceptors (Lipinski definition) is 5. The Kier molecular flexibility index (Phi) is 5.98. The van der Waals surface area contributed by atoms with Crippen molar-refractivity contribution in [2.24, 2.45) is 0 Å². The van der Waals surface area contributed by atoms with Crippen molar-refractivity contribution in [2.45, 2.75) is 44.8 Å². The standard InChI is InChI=1S/C18H21F3N4OS/c1-12-15(27-11-23-12)5-7-17(26)24-14-3-2-8-25(10-14)16-6-4-13(9-22-16)18(19,20)21/h4,6,9,11,14H,2-3,5,7-8,10H2,1H3,(H,24,26)/t14-/m1/s1. The summed E-state index contributed by atoms with van der Waals surface area (Å²) in [6, 6.07) is 2.40. The molecule has 2 aromatic heterocycles. The van der Waals surface area contributed by atoms with Crippen LogP contribution in [0.1, 0.15) is 35.4 Å². The maximum atomic E-state index is 12.7. The summed E-state index contributed by atoms with van der Waals surface area (Å²) in [6.07, 6.45) is -0.767. The molecule has 3 heterocycles. The Morgan fingerprint density at radius 1 is 1.37 bits per heavy atom. The van der Waals surface area contributed by atoms with Crippen molar-refractivity contribution < 1.29 is 18.0 Å². The van der Waals surface area contributed by atoms with E-state index in [2.05, 4.69) is 15.3 Å². The maximum Gasteiger partial charge on any atom is 0.417 e. The molecule has 146 valence electrons. The average Bonchev–Trinajstić information content (AvgIpc) is 3.04. The van der Waals surface area contributed by atoms with Crippen LogP contribution in [0.2, 0.25) is 0 Å². The van der Waals surface area contributed by atoms with Gasteiger partial charge in [-0.3, -0.25) is 4.79 Å². The highest BCUT2D eigenvalue weighted by atomic mass is 32.1. The number of aromatic nitrogens is 2. The van der Waals surface area contributed by atoms with Gasteiger partial charge in [-0.15, -0.1) is 11.3 Å². The van der Waals surface area contributed by atoms with E-state index in [4.69, 9.17) is 0 Å². The molecule has 0 aromatic carbocycles. The molecule has 1 aliphatic rings. The van der Waals surface area contributed by atoms with Crippen molar-refractivity contribution >= 4 is 23.1 Å². The number of aryl methyl sites for hydroxylation is 2. The van der Waals surface area contributed by atoms with Crippen molar-refractivity contribution in [1.82, 2.24) is 15.3 Å². The lowest BCUT2D eigenvalue weighted by molar-refractivity contribution is -0.137. The summed E-state index contributed by atoms with van der Waals surface area (Å²) >= 11 is 1.55. The van der Waals surface area contributed by atoms with E-state index in [-0.39, 0.29) is 11.9 Å². The van der Waals surface area contributed by atoms with Crippen molar-refractivity contribution in [3.8, 4) is 0 Å². The molecule has 3 rings (SSSR count). The second-order valence-corrected chi connectivity index (χ2v) is 7.56. The molecule has 1 amide bonds. The fraction of sp³-hybridized carbons (Fsp3) is 0.500. The Hall–Kier alpha value is -2.16. The van der Waals surface area contributed by atoms with Crippen LogP contribution in [0.5, 0.6) is 0 Å². The van der Waals surface area contributed by atoms with Crippen molar-refractivity contribution in [3.63, 3.8) is 0 Å². The molecule has 1 N–H and O–H groups in total. The molecule has 9 heteroatoms. The number of nitrogens with zero attached hydrogens (tertiary/aromatic N) is 3. The second-order valence-electron chi connectivity index (χ2n) is 6.62. The number of alkyl halides is 3. The molecule has 1 fully saturated rings. The van der Waals surface area contributed by atoms with E-state index in [1.807, 2.05) is 11.8 Å². The zero-order chi connectivity index (χ0) is 19.4. The summed E-state index contributed by atoms with van der Waals surface area (Å²) < 4.78 is 38.0. The molecule has 0 unspecified atom stereocenters. The fourth-order valence-corrected chi connectivity index (χ4v) is 3.92. The second kappa shape index (κ2) is 8.24. The Balaban J connectivity index is 1.53. The highest BCUT2D eigenvalue weighted by Gasteiger charge is 2.31. The zero-order valence-corrected chi connectivity index (χ0v) is 15.7. The van der Waals surface area contributed by atoms with Crippen LogP contribution in [0, 0.1) is 6.92 Å². The van der Waals surface area contributed by atoms with Crippen LogP contribution in [-0.4, -0.2) is 35.0 Å². The van der Waals surface area contributed by atoms with Gasteiger partial charge in [-0.25, -0.2) is 9.97 Å². The number of carbonyl (C=O) groups is 1. The number of piperidine rings is 1. The highest BCUT2D eigenvalue weighted by molar-refractivity contribution is 7.09. The number of anilines is 1. The lowest BCUT2D eigenvalue weighted by atomic mass is 10.1. The molecule has 0 spiro atoms. The minimum Gasteiger partial charge on any atom is -0.355 e. The molecule has 0 bridgehead atoms. The Morgan fingerprint density at radius 3 is 2.81 bits per heavy atom. The molecule has 2 aromatic rings. The van der Waals surface area contributed by atoms with Gasteiger partial charge in [0, 0.05) is 36.6 Å². The van der Waals surface area contributed by atoms with Crippen LogP contribution in [-0.2, 0) is 17.4 Å². The van der Waals surface area contributed by atoms with E-state index in [1.54, 1.807) is 16.8 Å². The van der Waals surface area contributed by atoms with Crippen molar-refractivity contribution in [2.75, 3.05) is 18.0 Å². The van der Waals surface area contributed by atoms with E-state index in [0.717, 1.165) is 35.7 Å². The summed E-state index contributed by atoms with van der Waals surface area (Å²) in [5.74, 6) is 0.484. The summed E-state index contributed by atoms with van der Waals surface area (Å²) in [5.41, 5.74) is 1.98. The number of halogens is 3. The van der Waals surface area contributed by atoms with Gasteiger partial charge in [-0.2, -0.15) is 13.2 Å². The monoisotopic (exact) mass is 398 g/mol. The smallest absolute Gasteiger partial charge is 0.355 e. The third kappa shape index (κ3) is 5.18. The molecule has 5 nitrogen and oxygen atoms in total. The molecular formula is C18H21F3N4OS. The maximum absolute atomic E-state index is 12.7. The predicted octanol–water partition coefficient (Wildman–Crippen LogP) is 3.58. The first-order valence-corrected chi connectivity index (χ1v) is 9.67. The van der Waals surface area contributed by atoms with E-state index in [1.165, 1.54) is 6.07 Å². The van der Waals surface area contributed by atoms with E-state index in [9.17, 15) is 18.0 Å². The third-order valence-corrected chi connectivity index (χ3v) is 5.60. The molecule has 1 atom stereocenters. The van der Waals surface area contributed by atoms with Gasteiger partial charge in [0.1, 0.15) is 5.82 Å². The molecule has 0 aliphatic carbocycles. The summed E-state index contributed by atoms with van der Waals surface area (Å²) in [4.78, 5) is 23.4. The van der Waals surface area contributed by atoms with E-state index >= 15 is 0 Å². The van der Waals surface area contributed by atoms with Gasteiger partial charge >= 0.3 is 6.18 Å². The topological polar surface area (TPSA) is 58.1 Å². The van der Waals surface area contributed by atoms with Gasteiger partial charge in [0.15, 0.2) is 0 Å². The van der Waals surface area contributed by atoms with Gasteiger partial charge in [0.05, 0.1) is 16.8 Å². The number of amides is 1. The van der Waals surface area contributed by atoms with Gasteiger partial charge in [-0.1, -0.05) is 0 Å². The molecule has 0 saturated carbocycles. The Labute approximate surface area is 159 Å². The minimum atomic E-state index is -4.39. The first kappa shape index (κ1) is 19.6. The van der Waals surface area contributed by atoms with Crippen LogP contribution in [0.3, 0.4) is 0 Å². The average molecular weight is 398 g/mol. The number of hydrogen-bond donors (Lipinski definition) is 1. The SMILES string of the molecule is Cc1ncsc1CCC(=O)N[C@@H]1CCCN(c2ccc(C(F)(F)F)cn2)C1. The van der Waals surface area contributed by atoms with Crippen LogP contribution in [0.4, 0.5) is 19.0 Å². The molecule has 0 radical (unpaired) electrons. The Morgan fingerprint density at radius 2 is 2.19 bits per heavy atom. The van der Waals surface area contributed by atoms with Crippen LogP contribution in [0.25, 0.3) is 0 Å². The molecular weight excluding hydrogens is 377 g/mol. The Bertz CT molecular complexity index is 776. The highest BCUT2D eigenvalue weighted by Crippen LogP contribution is 2.29. The number of carbonyl (C=O) groups excluding carboxylic acids is 1. The zero-order valence-electron chi connectivity index (χ0n) is 14.9. The number of nitrogens with one attached hydrogen (secondary N) is 1. The predicted molar refractivity (Wildman–Crippen MR) is 97.8 cm³/mol. The molecule has 27 heavy (non-hydrogen) atoms. The number of rotatable bonds is 5. The summed E-state index contributed by atoms with van der Waals surface area (Å²) in [5, 5.41) is 3.03. The largest absolute Gasteiger partial charge is 0.417 e. The van der Waals surface area contributed by atoms with Gasteiger partial charge < -0.3 is 10.2 Å². The molecule has 1 aliphatic heterocycles. The normalized spacial score (nSPS) is 17.8. The number of thiazole rings is 1. The third-order valence-electron chi connectivity index (χ3n) is 4.61. The first-order valence-electron chi connectivity index (χ1n) is 8.79. The van der Waals surface area contributed by atoms with Crippen molar-refractivity contribution in [1.29, 1.82) is 0 Å². The van der Waals surface area contributed by atoms with Crippen LogP contribution in [0.15, 0.2) is 23.8 Å². The van der Waals surface area contributed by atoms with E-state index in [0.29, 0.717) is 31.7 Å².